The molecule has 0 bridgehead atoms. The number of phenols is 1. The van der Waals surface area contributed by atoms with E-state index in [1.807, 2.05) is 18.2 Å². The lowest BCUT2D eigenvalue weighted by atomic mass is 9.96. The number of hydrogen-bond acceptors (Lipinski definition) is 2. The van der Waals surface area contributed by atoms with Crippen LogP contribution in [0.5, 0.6) is 5.75 Å². The maximum Gasteiger partial charge on any atom is 0.115 e. The molecule has 0 radical (unpaired) electrons. The molecule has 0 heterocycles. The van der Waals surface area contributed by atoms with Crippen LogP contribution in [0.15, 0.2) is 54.6 Å². The van der Waals surface area contributed by atoms with Gasteiger partial charge in [-0.25, -0.2) is 0 Å². The van der Waals surface area contributed by atoms with Gasteiger partial charge in [0.2, 0.25) is 0 Å². The second-order valence-corrected chi connectivity index (χ2v) is 5.44. The molecular weight excluding hydrogens is 258 g/mol. The van der Waals surface area contributed by atoms with Crippen molar-refractivity contribution >= 4 is 0 Å². The lowest BCUT2D eigenvalue weighted by Gasteiger charge is -2.32. The van der Waals surface area contributed by atoms with E-state index >= 15 is 0 Å². The van der Waals surface area contributed by atoms with Gasteiger partial charge < -0.3 is 5.11 Å². The highest BCUT2D eigenvalue weighted by molar-refractivity contribution is 5.36. The molecule has 0 aliphatic rings. The molecule has 1 atom stereocenters. The van der Waals surface area contributed by atoms with Gasteiger partial charge in [-0.2, -0.15) is 0 Å². The molecule has 0 aromatic heterocycles. The summed E-state index contributed by atoms with van der Waals surface area (Å²) in [6, 6.07) is 18.4. The number of rotatable bonds is 7. The number of nitrogens with zero attached hydrogens (tertiary/aromatic N) is 1. The van der Waals surface area contributed by atoms with E-state index in [0.717, 1.165) is 31.5 Å². The van der Waals surface area contributed by atoms with Crippen LogP contribution in [0.25, 0.3) is 0 Å². The lowest BCUT2D eigenvalue weighted by Crippen LogP contribution is -2.31. The van der Waals surface area contributed by atoms with Crippen molar-refractivity contribution in [1.82, 2.24) is 4.90 Å². The second kappa shape index (κ2) is 7.84. The topological polar surface area (TPSA) is 23.5 Å². The van der Waals surface area contributed by atoms with E-state index in [0.29, 0.717) is 5.75 Å². The summed E-state index contributed by atoms with van der Waals surface area (Å²) in [6.07, 6.45) is 2.25. The van der Waals surface area contributed by atoms with Gasteiger partial charge in [-0.05, 0) is 49.2 Å². The summed E-state index contributed by atoms with van der Waals surface area (Å²) in [7, 11) is 0. The highest BCUT2D eigenvalue weighted by Gasteiger charge is 2.21. The van der Waals surface area contributed by atoms with Gasteiger partial charge in [-0.1, -0.05) is 56.3 Å². The van der Waals surface area contributed by atoms with Gasteiger partial charge >= 0.3 is 0 Å². The van der Waals surface area contributed by atoms with Crippen LogP contribution < -0.4 is 0 Å². The SMILES string of the molecule is CCCN(CCC)C(c1ccccc1)c1cccc(O)c1. The molecular formula is C19H25NO. The van der Waals surface area contributed by atoms with Crippen LogP contribution in [0.1, 0.15) is 43.9 Å². The Morgan fingerprint density at radius 1 is 0.857 bits per heavy atom. The Morgan fingerprint density at radius 2 is 1.48 bits per heavy atom. The van der Waals surface area contributed by atoms with Crippen molar-refractivity contribution in [1.29, 1.82) is 0 Å². The molecule has 2 aromatic carbocycles. The first kappa shape index (κ1) is 15.6. The lowest BCUT2D eigenvalue weighted by molar-refractivity contribution is 0.225. The van der Waals surface area contributed by atoms with Gasteiger partial charge in [0.1, 0.15) is 5.75 Å². The predicted octanol–water partition coefficient (Wildman–Crippen LogP) is 4.60. The summed E-state index contributed by atoms with van der Waals surface area (Å²) in [5, 5.41) is 9.83. The van der Waals surface area contributed by atoms with Crippen molar-refractivity contribution < 1.29 is 5.11 Å². The minimum atomic E-state index is 0.207. The molecule has 2 nitrogen and oxygen atoms in total. The number of benzene rings is 2. The molecule has 2 aromatic rings. The van der Waals surface area contributed by atoms with E-state index < -0.39 is 0 Å². The van der Waals surface area contributed by atoms with Crippen LogP contribution >= 0.6 is 0 Å². The van der Waals surface area contributed by atoms with Gasteiger partial charge in [-0.15, -0.1) is 0 Å². The Kier molecular flexibility index (Phi) is 5.82. The van der Waals surface area contributed by atoms with Gasteiger partial charge in [0.15, 0.2) is 0 Å². The third-order valence-electron chi connectivity index (χ3n) is 3.69. The van der Waals surface area contributed by atoms with Crippen LogP contribution in [0.3, 0.4) is 0 Å². The Hall–Kier alpha value is -1.80. The van der Waals surface area contributed by atoms with Gasteiger partial charge in [-0.3, -0.25) is 4.90 Å². The summed E-state index contributed by atoms with van der Waals surface area (Å²) < 4.78 is 0. The maximum atomic E-state index is 9.83. The smallest absolute Gasteiger partial charge is 0.115 e. The Bertz CT molecular complexity index is 532. The van der Waals surface area contributed by atoms with Gasteiger partial charge in [0.05, 0.1) is 6.04 Å². The van der Waals surface area contributed by atoms with Crippen LogP contribution in [0, 0.1) is 0 Å². The number of hydrogen-bond donors (Lipinski definition) is 1. The normalized spacial score (nSPS) is 12.5. The summed E-state index contributed by atoms with van der Waals surface area (Å²) in [6.45, 7) is 6.55. The fourth-order valence-corrected chi connectivity index (χ4v) is 2.89. The molecule has 1 unspecified atom stereocenters. The zero-order valence-corrected chi connectivity index (χ0v) is 13.0. The highest BCUT2D eigenvalue weighted by atomic mass is 16.3. The number of aromatic hydroxyl groups is 1. The van der Waals surface area contributed by atoms with E-state index in [1.165, 1.54) is 5.56 Å². The zero-order valence-electron chi connectivity index (χ0n) is 13.0. The van der Waals surface area contributed by atoms with Gasteiger partial charge in [0, 0.05) is 0 Å². The molecule has 0 aliphatic carbocycles. The van der Waals surface area contributed by atoms with E-state index in [2.05, 4.69) is 49.1 Å². The van der Waals surface area contributed by atoms with E-state index in [-0.39, 0.29) is 6.04 Å². The quantitative estimate of drug-likeness (QED) is 0.802. The molecule has 0 spiro atoms. The molecule has 0 fully saturated rings. The molecule has 0 saturated carbocycles. The Balaban J connectivity index is 2.42. The van der Waals surface area contributed by atoms with Crippen molar-refractivity contribution in [2.24, 2.45) is 0 Å². The fraction of sp³-hybridized carbons (Fsp3) is 0.368. The number of phenolic OH excluding ortho intramolecular Hbond substituents is 1. The highest BCUT2D eigenvalue weighted by Crippen LogP contribution is 2.30. The van der Waals surface area contributed by atoms with E-state index in [4.69, 9.17) is 0 Å². The maximum absolute atomic E-state index is 9.83. The first-order valence-corrected chi connectivity index (χ1v) is 7.84. The standard InChI is InChI=1S/C19H25NO/c1-3-13-20(14-4-2)19(16-9-6-5-7-10-16)17-11-8-12-18(21)15-17/h5-12,15,19,21H,3-4,13-14H2,1-2H3. The molecule has 21 heavy (non-hydrogen) atoms. The van der Waals surface area contributed by atoms with Crippen LogP contribution in [-0.4, -0.2) is 23.1 Å². The average molecular weight is 283 g/mol. The fourth-order valence-electron chi connectivity index (χ4n) is 2.89. The summed E-state index contributed by atoms with van der Waals surface area (Å²) in [4.78, 5) is 2.50. The van der Waals surface area contributed by atoms with Crippen molar-refractivity contribution in [3.63, 3.8) is 0 Å². The minimum Gasteiger partial charge on any atom is -0.508 e. The Labute approximate surface area is 128 Å². The van der Waals surface area contributed by atoms with Crippen LogP contribution in [0.4, 0.5) is 0 Å². The van der Waals surface area contributed by atoms with Crippen molar-refractivity contribution in [2.45, 2.75) is 32.7 Å². The van der Waals surface area contributed by atoms with Crippen LogP contribution in [0.2, 0.25) is 0 Å². The first-order valence-electron chi connectivity index (χ1n) is 7.84. The van der Waals surface area contributed by atoms with Crippen molar-refractivity contribution in [2.75, 3.05) is 13.1 Å². The molecule has 1 N–H and O–H groups in total. The molecule has 2 heteroatoms. The average Bonchev–Trinajstić information content (AvgIpc) is 2.49. The first-order chi connectivity index (χ1) is 10.3. The molecule has 0 saturated heterocycles. The predicted molar refractivity (Wildman–Crippen MR) is 88.5 cm³/mol. The summed E-state index contributed by atoms with van der Waals surface area (Å²) in [5.74, 6) is 0.335. The minimum absolute atomic E-state index is 0.207. The monoisotopic (exact) mass is 283 g/mol. The van der Waals surface area contributed by atoms with Crippen molar-refractivity contribution in [3.05, 3.63) is 65.7 Å². The van der Waals surface area contributed by atoms with Crippen LogP contribution in [-0.2, 0) is 0 Å². The second-order valence-electron chi connectivity index (χ2n) is 5.44. The molecule has 0 amide bonds. The zero-order chi connectivity index (χ0) is 15.1. The van der Waals surface area contributed by atoms with Crippen molar-refractivity contribution in [3.8, 4) is 5.75 Å². The Morgan fingerprint density at radius 3 is 2.05 bits per heavy atom. The third-order valence-corrected chi connectivity index (χ3v) is 3.69. The summed E-state index contributed by atoms with van der Waals surface area (Å²) in [5.41, 5.74) is 2.44. The van der Waals surface area contributed by atoms with E-state index in [1.54, 1.807) is 6.07 Å². The largest absolute Gasteiger partial charge is 0.508 e. The van der Waals surface area contributed by atoms with E-state index in [9.17, 15) is 5.11 Å². The van der Waals surface area contributed by atoms with Gasteiger partial charge in [0.25, 0.3) is 0 Å². The molecule has 112 valence electrons. The molecule has 0 aliphatic heterocycles. The third kappa shape index (κ3) is 4.08. The molecule has 2 rings (SSSR count). The summed E-state index contributed by atoms with van der Waals surface area (Å²) >= 11 is 0.